The van der Waals surface area contributed by atoms with Crippen LogP contribution in [-0.4, -0.2) is 11.0 Å². The zero-order valence-corrected chi connectivity index (χ0v) is 12.6. The number of hydrogen-bond acceptors (Lipinski definition) is 4. The maximum atomic E-state index is 11.3. The van der Waals surface area contributed by atoms with Crippen LogP contribution in [0.3, 0.4) is 0 Å². The Morgan fingerprint density at radius 3 is 2.86 bits per heavy atom. The Labute approximate surface area is 130 Å². The van der Waals surface area contributed by atoms with E-state index in [-0.39, 0.29) is 12.1 Å². The topological polar surface area (TPSA) is 48.4 Å². The minimum atomic E-state index is -0.235. The molecule has 2 aromatic rings. The summed E-state index contributed by atoms with van der Waals surface area (Å²) in [5.74, 6) is 0.565. The molecule has 1 aromatic heterocycles. The number of carbonyl (C=O) groups is 1. The standard InChI is InChI=1S/C18H19NO3/c1-13(20)22-18-4-2-3-15-5-6-16(11-17(15)18)21-12-14-7-9-19-10-8-14/h5-11,18H,2-4,12H2,1H3/t18-/m1/s1. The Hall–Kier alpha value is -2.36. The van der Waals surface area contributed by atoms with Gasteiger partial charge in [0, 0.05) is 19.3 Å². The molecule has 1 atom stereocenters. The van der Waals surface area contributed by atoms with Gasteiger partial charge >= 0.3 is 5.97 Å². The number of aryl methyl sites for hydroxylation is 1. The van der Waals surface area contributed by atoms with Crippen molar-refractivity contribution in [3.63, 3.8) is 0 Å². The lowest BCUT2D eigenvalue weighted by Gasteiger charge is -2.25. The minimum absolute atomic E-state index is 0.147. The molecular formula is C18H19NO3. The van der Waals surface area contributed by atoms with Crippen LogP contribution in [0.5, 0.6) is 5.75 Å². The highest BCUT2D eigenvalue weighted by Crippen LogP contribution is 2.35. The Kier molecular flexibility index (Phi) is 4.37. The molecule has 0 amide bonds. The summed E-state index contributed by atoms with van der Waals surface area (Å²) in [5.41, 5.74) is 3.40. The van der Waals surface area contributed by atoms with E-state index in [4.69, 9.17) is 9.47 Å². The van der Waals surface area contributed by atoms with Gasteiger partial charge in [0.05, 0.1) is 0 Å². The second kappa shape index (κ2) is 6.60. The van der Waals surface area contributed by atoms with Gasteiger partial charge in [-0.05, 0) is 60.2 Å². The summed E-state index contributed by atoms with van der Waals surface area (Å²) in [5, 5.41) is 0. The van der Waals surface area contributed by atoms with Crippen LogP contribution in [0.15, 0.2) is 42.7 Å². The molecule has 3 rings (SSSR count). The predicted molar refractivity (Wildman–Crippen MR) is 82.5 cm³/mol. The first-order valence-electron chi connectivity index (χ1n) is 7.54. The summed E-state index contributed by atoms with van der Waals surface area (Å²) in [7, 11) is 0. The van der Waals surface area contributed by atoms with Crippen molar-refractivity contribution in [3.8, 4) is 5.75 Å². The molecule has 0 aliphatic heterocycles. The number of benzene rings is 1. The Balaban J connectivity index is 1.75. The van der Waals surface area contributed by atoms with Crippen molar-refractivity contribution in [3.05, 3.63) is 59.4 Å². The van der Waals surface area contributed by atoms with E-state index in [1.165, 1.54) is 12.5 Å². The summed E-state index contributed by atoms with van der Waals surface area (Å²) < 4.78 is 11.3. The number of pyridine rings is 1. The van der Waals surface area contributed by atoms with E-state index < -0.39 is 0 Å². The van der Waals surface area contributed by atoms with E-state index in [1.807, 2.05) is 24.3 Å². The lowest BCUT2D eigenvalue weighted by molar-refractivity contribution is -0.147. The summed E-state index contributed by atoms with van der Waals surface area (Å²) >= 11 is 0. The molecule has 0 spiro atoms. The number of carbonyl (C=O) groups excluding carboxylic acids is 1. The maximum Gasteiger partial charge on any atom is 0.303 e. The molecule has 1 aliphatic rings. The van der Waals surface area contributed by atoms with Gasteiger partial charge in [0.1, 0.15) is 18.5 Å². The number of ether oxygens (including phenoxy) is 2. The smallest absolute Gasteiger partial charge is 0.303 e. The van der Waals surface area contributed by atoms with Crippen molar-refractivity contribution in [2.45, 2.75) is 38.9 Å². The first-order valence-corrected chi connectivity index (χ1v) is 7.54. The average molecular weight is 297 g/mol. The molecule has 1 aliphatic carbocycles. The SMILES string of the molecule is CC(=O)O[C@@H]1CCCc2ccc(OCc3ccncc3)cc21. The summed E-state index contributed by atoms with van der Waals surface area (Å²) in [6.45, 7) is 1.96. The molecule has 1 aromatic carbocycles. The number of rotatable bonds is 4. The second-order valence-corrected chi connectivity index (χ2v) is 5.50. The van der Waals surface area contributed by atoms with E-state index in [0.29, 0.717) is 6.61 Å². The Morgan fingerprint density at radius 2 is 2.09 bits per heavy atom. The van der Waals surface area contributed by atoms with E-state index in [9.17, 15) is 4.79 Å². The minimum Gasteiger partial charge on any atom is -0.489 e. The maximum absolute atomic E-state index is 11.3. The van der Waals surface area contributed by atoms with Gasteiger partial charge in [0.2, 0.25) is 0 Å². The van der Waals surface area contributed by atoms with Gasteiger partial charge in [-0.1, -0.05) is 6.07 Å². The second-order valence-electron chi connectivity index (χ2n) is 5.50. The predicted octanol–water partition coefficient (Wildman–Crippen LogP) is 3.60. The van der Waals surface area contributed by atoms with Gasteiger partial charge in [-0.2, -0.15) is 0 Å². The Bertz CT molecular complexity index is 655. The van der Waals surface area contributed by atoms with Gasteiger partial charge in [-0.15, -0.1) is 0 Å². The highest BCUT2D eigenvalue weighted by molar-refractivity contribution is 5.66. The highest BCUT2D eigenvalue weighted by atomic mass is 16.5. The van der Waals surface area contributed by atoms with Crippen LogP contribution >= 0.6 is 0 Å². The quantitative estimate of drug-likeness (QED) is 0.809. The van der Waals surface area contributed by atoms with Crippen molar-refractivity contribution >= 4 is 5.97 Å². The highest BCUT2D eigenvalue weighted by Gasteiger charge is 2.23. The summed E-state index contributed by atoms with van der Waals surface area (Å²) in [4.78, 5) is 15.2. The molecule has 0 radical (unpaired) electrons. The van der Waals surface area contributed by atoms with Gasteiger partial charge in [0.15, 0.2) is 0 Å². The number of hydrogen-bond donors (Lipinski definition) is 0. The summed E-state index contributed by atoms with van der Waals surface area (Å²) in [6, 6.07) is 9.92. The molecule has 4 nitrogen and oxygen atoms in total. The fraction of sp³-hybridized carbons (Fsp3) is 0.333. The van der Waals surface area contributed by atoms with Crippen molar-refractivity contribution in [2.24, 2.45) is 0 Å². The number of fused-ring (bicyclic) bond motifs is 1. The third-order valence-electron chi connectivity index (χ3n) is 3.84. The third kappa shape index (κ3) is 3.45. The summed E-state index contributed by atoms with van der Waals surface area (Å²) in [6.07, 6.45) is 6.30. The van der Waals surface area contributed by atoms with Gasteiger partial charge in [-0.3, -0.25) is 9.78 Å². The van der Waals surface area contributed by atoms with E-state index >= 15 is 0 Å². The molecule has 0 bridgehead atoms. The van der Waals surface area contributed by atoms with Crippen LogP contribution in [0, 0.1) is 0 Å². The van der Waals surface area contributed by atoms with Crippen LogP contribution in [0.2, 0.25) is 0 Å². The molecule has 114 valence electrons. The van der Waals surface area contributed by atoms with Crippen molar-refractivity contribution in [1.29, 1.82) is 0 Å². The number of nitrogens with zero attached hydrogens (tertiary/aromatic N) is 1. The van der Waals surface area contributed by atoms with Crippen molar-refractivity contribution in [2.75, 3.05) is 0 Å². The normalized spacial score (nSPS) is 16.7. The molecule has 0 unspecified atom stereocenters. The molecule has 0 saturated heterocycles. The lowest BCUT2D eigenvalue weighted by atomic mass is 9.89. The number of aromatic nitrogens is 1. The molecule has 0 fully saturated rings. The first kappa shape index (κ1) is 14.6. The molecule has 22 heavy (non-hydrogen) atoms. The van der Waals surface area contributed by atoms with E-state index in [0.717, 1.165) is 36.1 Å². The fourth-order valence-corrected chi connectivity index (χ4v) is 2.79. The Morgan fingerprint density at radius 1 is 1.27 bits per heavy atom. The van der Waals surface area contributed by atoms with Gasteiger partial charge in [-0.25, -0.2) is 0 Å². The third-order valence-corrected chi connectivity index (χ3v) is 3.84. The number of esters is 1. The van der Waals surface area contributed by atoms with Crippen LogP contribution < -0.4 is 4.74 Å². The zero-order chi connectivity index (χ0) is 15.4. The van der Waals surface area contributed by atoms with Crippen LogP contribution in [-0.2, 0) is 22.6 Å². The molecule has 4 heteroatoms. The largest absolute Gasteiger partial charge is 0.489 e. The molecule has 0 saturated carbocycles. The average Bonchev–Trinajstić information content (AvgIpc) is 2.54. The van der Waals surface area contributed by atoms with Crippen LogP contribution in [0.4, 0.5) is 0 Å². The van der Waals surface area contributed by atoms with E-state index in [1.54, 1.807) is 12.4 Å². The van der Waals surface area contributed by atoms with Crippen molar-refractivity contribution < 1.29 is 14.3 Å². The molecule has 0 N–H and O–H groups in total. The van der Waals surface area contributed by atoms with Crippen LogP contribution in [0.25, 0.3) is 0 Å². The lowest BCUT2D eigenvalue weighted by Crippen LogP contribution is -2.15. The zero-order valence-electron chi connectivity index (χ0n) is 12.6. The van der Waals surface area contributed by atoms with Crippen LogP contribution in [0.1, 0.15) is 42.6 Å². The van der Waals surface area contributed by atoms with E-state index in [2.05, 4.69) is 11.1 Å². The monoisotopic (exact) mass is 297 g/mol. The van der Waals surface area contributed by atoms with Gasteiger partial charge in [0.25, 0.3) is 0 Å². The van der Waals surface area contributed by atoms with Crippen molar-refractivity contribution in [1.82, 2.24) is 4.98 Å². The van der Waals surface area contributed by atoms with Gasteiger partial charge < -0.3 is 9.47 Å². The molecular weight excluding hydrogens is 278 g/mol. The fourth-order valence-electron chi connectivity index (χ4n) is 2.79. The first-order chi connectivity index (χ1) is 10.7. The molecule has 1 heterocycles.